The van der Waals surface area contributed by atoms with Gasteiger partial charge in [-0.2, -0.15) is 0 Å². The molecule has 1 aromatic carbocycles. The highest BCUT2D eigenvalue weighted by Crippen LogP contribution is 2.24. The number of aromatic hydroxyl groups is 1. The van der Waals surface area contributed by atoms with Crippen LogP contribution in [0.15, 0.2) is 18.2 Å². The highest BCUT2D eigenvalue weighted by Gasteiger charge is 2.26. The van der Waals surface area contributed by atoms with E-state index in [2.05, 4.69) is 4.74 Å². The van der Waals surface area contributed by atoms with Gasteiger partial charge in [0.2, 0.25) is 0 Å². The molecule has 2 unspecified atom stereocenters. The Balaban J connectivity index is 2.96. The Labute approximate surface area is 97.7 Å². The highest BCUT2D eigenvalue weighted by molar-refractivity contribution is 5.75. The molecule has 0 bridgehead atoms. The van der Waals surface area contributed by atoms with Crippen LogP contribution in [-0.2, 0) is 16.1 Å². The predicted octanol–water partition coefficient (Wildman–Crippen LogP) is -0.548. The zero-order chi connectivity index (χ0) is 13.0. The minimum absolute atomic E-state index is 0.129. The molecular formula is C11H14O6. The number of phenols is 1. The zero-order valence-corrected chi connectivity index (χ0v) is 9.20. The van der Waals surface area contributed by atoms with E-state index in [1.165, 1.54) is 18.2 Å². The quantitative estimate of drug-likeness (QED) is 0.528. The van der Waals surface area contributed by atoms with Crippen molar-refractivity contribution in [2.45, 2.75) is 18.8 Å². The molecule has 1 aromatic rings. The van der Waals surface area contributed by atoms with Gasteiger partial charge in [0.15, 0.2) is 6.10 Å². The van der Waals surface area contributed by atoms with Crippen molar-refractivity contribution in [2.24, 2.45) is 0 Å². The molecule has 0 saturated heterocycles. The lowest BCUT2D eigenvalue weighted by molar-refractivity contribution is -0.156. The second-order valence-corrected chi connectivity index (χ2v) is 3.46. The Hall–Kier alpha value is -1.63. The average molecular weight is 242 g/mol. The predicted molar refractivity (Wildman–Crippen MR) is 57.0 cm³/mol. The Kier molecular flexibility index (Phi) is 4.45. The molecule has 0 aromatic heterocycles. The highest BCUT2D eigenvalue weighted by atomic mass is 16.5. The summed E-state index contributed by atoms with van der Waals surface area (Å²) in [6.07, 6.45) is -3.19. The third kappa shape index (κ3) is 2.94. The minimum atomic E-state index is -1.71. The topological polar surface area (TPSA) is 107 Å². The molecule has 6 nitrogen and oxygen atoms in total. The van der Waals surface area contributed by atoms with Gasteiger partial charge in [0.05, 0.1) is 13.7 Å². The van der Waals surface area contributed by atoms with Gasteiger partial charge in [-0.15, -0.1) is 0 Å². The molecule has 1 rings (SSSR count). The van der Waals surface area contributed by atoms with Crippen molar-refractivity contribution in [2.75, 3.05) is 7.11 Å². The number of hydrogen-bond acceptors (Lipinski definition) is 6. The number of benzene rings is 1. The first kappa shape index (κ1) is 13.4. The number of rotatable bonds is 4. The number of aliphatic hydroxyl groups excluding tert-OH is 3. The van der Waals surface area contributed by atoms with Crippen LogP contribution in [0.5, 0.6) is 5.75 Å². The van der Waals surface area contributed by atoms with E-state index in [4.69, 9.17) is 5.11 Å². The van der Waals surface area contributed by atoms with Gasteiger partial charge < -0.3 is 25.2 Å². The molecule has 4 N–H and O–H groups in total. The van der Waals surface area contributed by atoms with E-state index in [1.807, 2.05) is 0 Å². The number of hydrogen-bond donors (Lipinski definition) is 4. The monoisotopic (exact) mass is 242 g/mol. The lowest BCUT2D eigenvalue weighted by Gasteiger charge is -2.16. The number of aliphatic hydroxyl groups is 3. The maximum absolute atomic E-state index is 11.0. The molecule has 0 spiro atoms. The summed E-state index contributed by atoms with van der Waals surface area (Å²) < 4.78 is 4.29. The van der Waals surface area contributed by atoms with E-state index in [0.29, 0.717) is 0 Å². The molecule has 0 saturated carbocycles. The van der Waals surface area contributed by atoms with Crippen molar-refractivity contribution in [3.63, 3.8) is 0 Å². The third-order valence-corrected chi connectivity index (χ3v) is 2.36. The lowest BCUT2D eigenvalue weighted by Crippen LogP contribution is -2.29. The average Bonchev–Trinajstić information content (AvgIpc) is 2.36. The lowest BCUT2D eigenvalue weighted by atomic mass is 10.0. The van der Waals surface area contributed by atoms with Crippen molar-refractivity contribution in [3.05, 3.63) is 29.3 Å². The SMILES string of the molecule is COC(=O)C(O)C(O)c1ccc(O)c(CO)c1. The van der Waals surface area contributed by atoms with Gasteiger partial charge in [0.1, 0.15) is 11.9 Å². The summed E-state index contributed by atoms with van der Waals surface area (Å²) in [6, 6.07) is 3.89. The van der Waals surface area contributed by atoms with E-state index in [9.17, 15) is 20.1 Å². The Morgan fingerprint density at radius 2 is 2.06 bits per heavy atom. The van der Waals surface area contributed by atoms with E-state index in [1.54, 1.807) is 0 Å². The van der Waals surface area contributed by atoms with Crippen molar-refractivity contribution < 1.29 is 30.0 Å². The second-order valence-electron chi connectivity index (χ2n) is 3.46. The molecule has 0 aliphatic heterocycles. The summed E-state index contributed by atoms with van der Waals surface area (Å²) in [5.74, 6) is -1.09. The molecule has 2 atom stereocenters. The third-order valence-electron chi connectivity index (χ3n) is 2.36. The van der Waals surface area contributed by atoms with Gasteiger partial charge in [0.25, 0.3) is 0 Å². The van der Waals surface area contributed by atoms with E-state index in [0.717, 1.165) is 7.11 Å². The first-order valence-corrected chi connectivity index (χ1v) is 4.87. The number of carbonyl (C=O) groups is 1. The first-order chi connectivity index (χ1) is 8.01. The molecule has 17 heavy (non-hydrogen) atoms. The van der Waals surface area contributed by atoms with Crippen LogP contribution < -0.4 is 0 Å². The number of methoxy groups -OCH3 is 1. The van der Waals surface area contributed by atoms with Crippen LogP contribution in [0.1, 0.15) is 17.2 Å². The minimum Gasteiger partial charge on any atom is -0.508 e. The summed E-state index contributed by atoms with van der Waals surface area (Å²) in [5.41, 5.74) is 0.392. The van der Waals surface area contributed by atoms with Crippen molar-refractivity contribution in [1.29, 1.82) is 0 Å². The molecule has 0 fully saturated rings. The van der Waals surface area contributed by atoms with Crippen LogP contribution in [0.25, 0.3) is 0 Å². The Morgan fingerprint density at radius 3 is 2.59 bits per heavy atom. The fraction of sp³-hybridized carbons (Fsp3) is 0.364. The summed E-state index contributed by atoms with van der Waals surface area (Å²) >= 11 is 0. The fourth-order valence-corrected chi connectivity index (χ4v) is 1.35. The maximum Gasteiger partial charge on any atom is 0.337 e. The van der Waals surface area contributed by atoms with Crippen molar-refractivity contribution in [1.82, 2.24) is 0 Å². The summed E-state index contributed by atoms with van der Waals surface area (Å²) in [7, 11) is 1.09. The molecule has 0 aliphatic carbocycles. The standard InChI is InChI=1S/C11H14O6/c1-17-11(16)10(15)9(14)6-2-3-8(13)7(4-6)5-12/h2-4,9-10,12-15H,5H2,1H3. The first-order valence-electron chi connectivity index (χ1n) is 4.87. The molecule has 0 amide bonds. The van der Waals surface area contributed by atoms with Gasteiger partial charge in [-0.25, -0.2) is 4.79 Å². The largest absolute Gasteiger partial charge is 0.508 e. The van der Waals surface area contributed by atoms with Crippen molar-refractivity contribution in [3.8, 4) is 5.75 Å². The van der Waals surface area contributed by atoms with Gasteiger partial charge in [0, 0.05) is 5.56 Å². The summed E-state index contributed by atoms with van der Waals surface area (Å²) in [4.78, 5) is 11.0. The number of esters is 1. The fourth-order valence-electron chi connectivity index (χ4n) is 1.35. The van der Waals surface area contributed by atoms with Crippen LogP contribution in [0.4, 0.5) is 0 Å². The van der Waals surface area contributed by atoms with Crippen LogP contribution in [0.3, 0.4) is 0 Å². The maximum atomic E-state index is 11.0. The number of ether oxygens (including phenoxy) is 1. The zero-order valence-electron chi connectivity index (χ0n) is 9.20. The van der Waals surface area contributed by atoms with Crippen molar-refractivity contribution >= 4 is 5.97 Å². The van der Waals surface area contributed by atoms with Crippen LogP contribution >= 0.6 is 0 Å². The Bertz CT molecular complexity index is 403. The van der Waals surface area contributed by atoms with Gasteiger partial charge in [-0.05, 0) is 17.7 Å². The van der Waals surface area contributed by atoms with Crippen LogP contribution in [0.2, 0.25) is 0 Å². The smallest absolute Gasteiger partial charge is 0.337 e. The van der Waals surface area contributed by atoms with Crippen LogP contribution in [0, 0.1) is 0 Å². The summed E-state index contributed by atoms with van der Waals surface area (Å²) in [5, 5.41) is 37.3. The normalized spacial score (nSPS) is 14.1. The molecule has 0 heterocycles. The molecule has 0 radical (unpaired) electrons. The Morgan fingerprint density at radius 1 is 1.41 bits per heavy atom. The summed E-state index contributed by atoms with van der Waals surface area (Å²) in [6.45, 7) is -0.416. The molecule has 94 valence electrons. The molecule has 0 aliphatic rings. The van der Waals surface area contributed by atoms with Crippen LogP contribution in [-0.4, -0.2) is 39.6 Å². The van der Waals surface area contributed by atoms with Gasteiger partial charge in [-0.1, -0.05) is 6.07 Å². The molecular weight excluding hydrogens is 228 g/mol. The second kappa shape index (κ2) is 5.62. The van der Waals surface area contributed by atoms with Gasteiger partial charge >= 0.3 is 5.97 Å². The van der Waals surface area contributed by atoms with Gasteiger partial charge in [-0.3, -0.25) is 0 Å². The van der Waals surface area contributed by atoms with E-state index < -0.39 is 24.8 Å². The number of carbonyl (C=O) groups excluding carboxylic acids is 1. The van der Waals surface area contributed by atoms with E-state index in [-0.39, 0.29) is 16.9 Å². The van der Waals surface area contributed by atoms with E-state index >= 15 is 0 Å². The molecule has 6 heteroatoms.